The summed E-state index contributed by atoms with van der Waals surface area (Å²) in [6.07, 6.45) is 0. The van der Waals surface area contributed by atoms with Gasteiger partial charge < -0.3 is 4.90 Å². The van der Waals surface area contributed by atoms with Crippen molar-refractivity contribution >= 4 is 11.6 Å². The van der Waals surface area contributed by atoms with E-state index in [4.69, 9.17) is 0 Å². The van der Waals surface area contributed by atoms with Crippen LogP contribution in [-0.4, -0.2) is 30.6 Å². The number of carbonyl (C=O) groups is 1. The van der Waals surface area contributed by atoms with Gasteiger partial charge in [-0.3, -0.25) is 4.79 Å². The fourth-order valence-corrected chi connectivity index (χ4v) is 3.64. The maximum atomic E-state index is 12.8. The lowest BCUT2D eigenvalue weighted by Crippen LogP contribution is -2.23. The number of nitrogens with zero attached hydrogens (tertiary/aromatic N) is 5. The monoisotopic (exact) mass is 355 g/mol. The number of carbonyl (C=O) groups excluding carboxylic acids is 1. The zero-order valence-corrected chi connectivity index (χ0v) is 14.8. The van der Waals surface area contributed by atoms with Crippen molar-refractivity contribution < 1.29 is 4.79 Å². The summed E-state index contributed by atoms with van der Waals surface area (Å²) in [7, 11) is 0. The van der Waals surface area contributed by atoms with Gasteiger partial charge in [0, 0.05) is 6.54 Å². The molecule has 0 radical (unpaired) electrons. The van der Waals surface area contributed by atoms with E-state index in [0.717, 1.165) is 28.1 Å². The Morgan fingerprint density at radius 3 is 2.41 bits per heavy atom. The van der Waals surface area contributed by atoms with Crippen LogP contribution in [0.3, 0.4) is 0 Å². The molecule has 0 saturated heterocycles. The van der Waals surface area contributed by atoms with Crippen LogP contribution < -0.4 is 0 Å². The summed E-state index contributed by atoms with van der Waals surface area (Å²) in [4.78, 5) is 14.6. The second-order valence-corrected chi connectivity index (χ2v) is 6.70. The van der Waals surface area contributed by atoms with Crippen LogP contribution in [0.5, 0.6) is 0 Å². The van der Waals surface area contributed by atoms with Gasteiger partial charge in [0.15, 0.2) is 11.3 Å². The van der Waals surface area contributed by atoms with Gasteiger partial charge in [-0.2, -0.15) is 5.10 Å². The summed E-state index contributed by atoms with van der Waals surface area (Å²) in [5.41, 5.74) is 5.84. The van der Waals surface area contributed by atoms with Gasteiger partial charge >= 0.3 is 0 Å². The highest BCUT2D eigenvalue weighted by molar-refractivity contribution is 5.96. The number of benzene rings is 2. The number of aromatic nitrogens is 4. The lowest BCUT2D eigenvalue weighted by molar-refractivity contribution is 0.0761. The van der Waals surface area contributed by atoms with Gasteiger partial charge in [-0.15, -0.1) is 10.2 Å². The average molecular weight is 355 g/mol. The Hall–Kier alpha value is -3.54. The van der Waals surface area contributed by atoms with Gasteiger partial charge in [-0.05, 0) is 18.1 Å². The van der Waals surface area contributed by atoms with Gasteiger partial charge in [0.2, 0.25) is 0 Å². The SMILES string of the molecule is Cc1nn2c3c(nnc2c1-c1ccccc1)C(=O)N(Cc1ccccc1)C3. The summed E-state index contributed by atoms with van der Waals surface area (Å²) in [6, 6.07) is 20.0. The summed E-state index contributed by atoms with van der Waals surface area (Å²) >= 11 is 0. The molecule has 0 spiro atoms. The quantitative estimate of drug-likeness (QED) is 0.566. The number of hydrogen-bond acceptors (Lipinski definition) is 4. The maximum Gasteiger partial charge on any atom is 0.277 e. The van der Waals surface area contributed by atoms with Crippen LogP contribution in [0.25, 0.3) is 16.8 Å². The zero-order chi connectivity index (χ0) is 18.4. The van der Waals surface area contributed by atoms with Crippen LogP contribution in [0.4, 0.5) is 0 Å². The Bertz CT molecular complexity index is 1150. The van der Waals surface area contributed by atoms with Crippen LogP contribution in [0.1, 0.15) is 27.4 Å². The van der Waals surface area contributed by atoms with Crippen LogP contribution >= 0.6 is 0 Å². The van der Waals surface area contributed by atoms with Crippen molar-refractivity contribution in [2.24, 2.45) is 0 Å². The molecule has 2 aromatic carbocycles. The number of amides is 1. The van der Waals surface area contributed by atoms with Gasteiger partial charge in [-0.1, -0.05) is 60.7 Å². The molecule has 0 fully saturated rings. The van der Waals surface area contributed by atoms with E-state index in [1.165, 1.54) is 0 Å². The molecule has 2 aromatic heterocycles. The van der Waals surface area contributed by atoms with E-state index in [0.29, 0.717) is 24.4 Å². The molecule has 27 heavy (non-hydrogen) atoms. The molecule has 0 unspecified atom stereocenters. The Kier molecular flexibility index (Phi) is 3.50. The minimum atomic E-state index is -0.0994. The fourth-order valence-electron chi connectivity index (χ4n) is 3.64. The molecule has 3 heterocycles. The first-order chi connectivity index (χ1) is 13.2. The molecule has 0 atom stereocenters. The average Bonchev–Trinajstić information content (AvgIpc) is 3.20. The van der Waals surface area contributed by atoms with Crippen molar-refractivity contribution in [2.75, 3.05) is 0 Å². The highest BCUT2D eigenvalue weighted by Crippen LogP contribution is 2.30. The number of rotatable bonds is 3. The Balaban J connectivity index is 1.58. The largest absolute Gasteiger partial charge is 0.327 e. The molecule has 4 aromatic rings. The standard InChI is InChI=1S/C21H17N5O/c1-14-18(16-10-6-3-7-11-16)20-23-22-19-17(26(20)24-14)13-25(21(19)27)12-15-8-4-2-5-9-15/h2-11H,12-13H2,1H3. The Morgan fingerprint density at radius 1 is 0.963 bits per heavy atom. The predicted octanol–water partition coefficient (Wildman–Crippen LogP) is 3.26. The highest BCUT2D eigenvalue weighted by atomic mass is 16.2. The van der Waals surface area contributed by atoms with Gasteiger partial charge in [0.1, 0.15) is 0 Å². The minimum Gasteiger partial charge on any atom is -0.327 e. The molecule has 0 N–H and O–H groups in total. The van der Waals surface area contributed by atoms with Crippen molar-refractivity contribution in [1.29, 1.82) is 0 Å². The van der Waals surface area contributed by atoms with Crippen molar-refractivity contribution in [3.63, 3.8) is 0 Å². The first-order valence-electron chi connectivity index (χ1n) is 8.86. The number of aryl methyl sites for hydroxylation is 1. The van der Waals surface area contributed by atoms with Crippen molar-refractivity contribution in [3.05, 3.63) is 83.3 Å². The molecule has 6 nitrogen and oxygen atoms in total. The second kappa shape index (κ2) is 6.02. The molecule has 0 bridgehead atoms. The van der Waals surface area contributed by atoms with Crippen LogP contribution in [0.2, 0.25) is 0 Å². The van der Waals surface area contributed by atoms with E-state index in [2.05, 4.69) is 15.3 Å². The predicted molar refractivity (Wildman–Crippen MR) is 101 cm³/mol. The highest BCUT2D eigenvalue weighted by Gasteiger charge is 2.33. The number of hydrogen-bond donors (Lipinski definition) is 0. The third-order valence-corrected chi connectivity index (χ3v) is 4.92. The summed E-state index contributed by atoms with van der Waals surface area (Å²) in [6.45, 7) is 2.98. The van der Waals surface area contributed by atoms with E-state index in [1.54, 1.807) is 9.42 Å². The molecule has 0 saturated carbocycles. The Morgan fingerprint density at radius 2 is 1.67 bits per heavy atom. The lowest BCUT2D eigenvalue weighted by atomic mass is 10.1. The van der Waals surface area contributed by atoms with Crippen molar-refractivity contribution in [3.8, 4) is 11.1 Å². The van der Waals surface area contributed by atoms with Gasteiger partial charge in [0.05, 0.1) is 23.5 Å². The minimum absolute atomic E-state index is 0.0994. The summed E-state index contributed by atoms with van der Waals surface area (Å²) in [5, 5.41) is 13.3. The van der Waals surface area contributed by atoms with E-state index < -0.39 is 0 Å². The third-order valence-electron chi connectivity index (χ3n) is 4.92. The summed E-state index contributed by atoms with van der Waals surface area (Å²) in [5.74, 6) is -0.0994. The van der Waals surface area contributed by atoms with E-state index in [1.807, 2.05) is 67.6 Å². The fraction of sp³-hybridized carbons (Fsp3) is 0.143. The third kappa shape index (κ3) is 2.49. The smallest absolute Gasteiger partial charge is 0.277 e. The first kappa shape index (κ1) is 15.7. The van der Waals surface area contributed by atoms with Crippen molar-refractivity contribution in [2.45, 2.75) is 20.0 Å². The maximum absolute atomic E-state index is 12.8. The molecule has 1 amide bonds. The molecular formula is C21H17N5O. The first-order valence-corrected chi connectivity index (χ1v) is 8.86. The molecule has 1 aliphatic heterocycles. The zero-order valence-electron chi connectivity index (χ0n) is 14.8. The molecule has 0 aliphatic carbocycles. The number of fused-ring (bicyclic) bond motifs is 3. The van der Waals surface area contributed by atoms with Gasteiger partial charge in [0.25, 0.3) is 5.91 Å². The Labute approximate surface area is 156 Å². The van der Waals surface area contributed by atoms with Crippen molar-refractivity contribution in [1.82, 2.24) is 24.7 Å². The van der Waals surface area contributed by atoms with Crippen LogP contribution in [0.15, 0.2) is 60.7 Å². The van der Waals surface area contributed by atoms with E-state index in [9.17, 15) is 4.79 Å². The molecule has 5 rings (SSSR count). The van der Waals surface area contributed by atoms with E-state index in [-0.39, 0.29) is 5.91 Å². The molecular weight excluding hydrogens is 338 g/mol. The second-order valence-electron chi connectivity index (χ2n) is 6.70. The van der Waals surface area contributed by atoms with Crippen LogP contribution in [0, 0.1) is 6.92 Å². The topological polar surface area (TPSA) is 63.4 Å². The molecule has 1 aliphatic rings. The normalized spacial score (nSPS) is 13.4. The van der Waals surface area contributed by atoms with Gasteiger partial charge in [-0.25, -0.2) is 4.52 Å². The molecule has 6 heteroatoms. The summed E-state index contributed by atoms with van der Waals surface area (Å²) < 4.78 is 1.78. The molecule has 132 valence electrons. The van der Waals surface area contributed by atoms with Crippen LogP contribution in [-0.2, 0) is 13.1 Å². The van der Waals surface area contributed by atoms with E-state index >= 15 is 0 Å². The lowest BCUT2D eigenvalue weighted by Gasteiger charge is -2.14.